The Balaban J connectivity index is 1.52. The van der Waals surface area contributed by atoms with E-state index >= 15 is 0 Å². The number of nitrogens with zero attached hydrogens (tertiary/aromatic N) is 2. The van der Waals surface area contributed by atoms with Gasteiger partial charge in [-0.2, -0.15) is 0 Å². The van der Waals surface area contributed by atoms with Crippen LogP contribution in [0.4, 0.5) is 5.82 Å². The molecule has 7 nitrogen and oxygen atoms in total. The molecule has 0 radical (unpaired) electrons. The zero-order valence-corrected chi connectivity index (χ0v) is 17.9. The van der Waals surface area contributed by atoms with Gasteiger partial charge in [0.05, 0.1) is 27.7 Å². The van der Waals surface area contributed by atoms with Crippen molar-refractivity contribution in [2.75, 3.05) is 18.9 Å². The molecule has 0 aliphatic carbocycles. The number of aromatic nitrogens is 2. The largest absolute Gasteiger partial charge is 0.508 e. The van der Waals surface area contributed by atoms with Crippen LogP contribution in [-0.4, -0.2) is 42.0 Å². The van der Waals surface area contributed by atoms with Gasteiger partial charge in [-0.15, -0.1) is 0 Å². The number of anilines is 1. The summed E-state index contributed by atoms with van der Waals surface area (Å²) in [7, 11) is -3.38. The molecule has 2 aromatic carbocycles. The summed E-state index contributed by atoms with van der Waals surface area (Å²) in [6, 6.07) is 13.8. The van der Waals surface area contributed by atoms with Crippen molar-refractivity contribution in [3.63, 3.8) is 0 Å². The van der Waals surface area contributed by atoms with E-state index in [2.05, 4.69) is 9.97 Å². The Hall–Kier alpha value is -2.97. The maximum Gasteiger partial charge on any atom is 0.181 e. The zero-order valence-electron chi connectivity index (χ0n) is 17.1. The predicted molar refractivity (Wildman–Crippen MR) is 118 cm³/mol. The molecular formula is C23H25N3O4S. The van der Waals surface area contributed by atoms with E-state index in [0.29, 0.717) is 61.0 Å². The quantitative estimate of drug-likeness (QED) is 0.606. The van der Waals surface area contributed by atoms with Crippen molar-refractivity contribution in [1.82, 2.24) is 9.97 Å². The first-order chi connectivity index (χ1) is 14.9. The minimum atomic E-state index is -3.38. The van der Waals surface area contributed by atoms with Crippen LogP contribution in [0.25, 0.3) is 11.3 Å². The van der Waals surface area contributed by atoms with Crippen LogP contribution in [0.5, 0.6) is 5.75 Å². The van der Waals surface area contributed by atoms with Crippen molar-refractivity contribution in [2.24, 2.45) is 0 Å². The number of phenolic OH excluding ortho intramolecular Hbond substituents is 1. The van der Waals surface area contributed by atoms with Crippen LogP contribution >= 0.6 is 0 Å². The Morgan fingerprint density at radius 1 is 1.06 bits per heavy atom. The third-order valence-electron chi connectivity index (χ3n) is 5.52. The van der Waals surface area contributed by atoms with Gasteiger partial charge >= 0.3 is 0 Å². The molecular weight excluding hydrogens is 414 g/mol. The second kappa shape index (κ2) is 9.03. The Morgan fingerprint density at radius 3 is 2.52 bits per heavy atom. The lowest BCUT2D eigenvalue weighted by Gasteiger charge is -2.22. The van der Waals surface area contributed by atoms with Crippen molar-refractivity contribution in [2.45, 2.75) is 35.8 Å². The van der Waals surface area contributed by atoms with E-state index in [9.17, 15) is 13.5 Å². The van der Waals surface area contributed by atoms with E-state index in [0.717, 1.165) is 11.1 Å². The van der Waals surface area contributed by atoms with Gasteiger partial charge in [-0.25, -0.2) is 18.4 Å². The molecule has 0 unspecified atom stereocenters. The molecule has 2 heterocycles. The van der Waals surface area contributed by atoms with Crippen molar-refractivity contribution >= 4 is 15.7 Å². The maximum absolute atomic E-state index is 12.9. The van der Waals surface area contributed by atoms with E-state index in [1.54, 1.807) is 48.7 Å². The zero-order chi connectivity index (χ0) is 21.8. The molecule has 1 fully saturated rings. The average molecular weight is 440 g/mol. The number of nitrogens with two attached hydrogens (primary N) is 1. The molecule has 1 aliphatic heterocycles. The fourth-order valence-electron chi connectivity index (χ4n) is 3.73. The summed E-state index contributed by atoms with van der Waals surface area (Å²) in [5, 5.41) is 9.22. The summed E-state index contributed by atoms with van der Waals surface area (Å²) < 4.78 is 31.0. The molecule has 0 spiro atoms. The van der Waals surface area contributed by atoms with Gasteiger partial charge in [-0.3, -0.25) is 0 Å². The van der Waals surface area contributed by atoms with Crippen LogP contribution in [0.1, 0.15) is 24.1 Å². The second-order valence-corrected chi connectivity index (χ2v) is 9.87. The van der Waals surface area contributed by atoms with Crippen molar-refractivity contribution in [1.29, 1.82) is 0 Å². The highest BCUT2D eigenvalue weighted by Crippen LogP contribution is 2.26. The Morgan fingerprint density at radius 2 is 1.81 bits per heavy atom. The summed E-state index contributed by atoms with van der Waals surface area (Å²) >= 11 is 0. The molecule has 1 aromatic heterocycles. The first kappa shape index (κ1) is 21.3. The number of nitrogen functional groups attached to an aromatic ring is 1. The van der Waals surface area contributed by atoms with Crippen LogP contribution in [0, 0.1) is 0 Å². The molecule has 162 valence electrons. The normalized spacial score (nSPS) is 15.1. The molecule has 8 heteroatoms. The van der Waals surface area contributed by atoms with Crippen LogP contribution in [-0.2, 0) is 27.4 Å². The third-order valence-corrected chi connectivity index (χ3v) is 7.80. The lowest BCUT2D eigenvalue weighted by molar-refractivity contribution is 0.0983. The number of hydrogen-bond donors (Lipinski definition) is 2. The molecule has 1 aliphatic rings. The van der Waals surface area contributed by atoms with Crippen LogP contribution in [0.15, 0.2) is 59.6 Å². The first-order valence-corrected chi connectivity index (χ1v) is 11.8. The molecule has 0 atom stereocenters. The topological polar surface area (TPSA) is 115 Å². The monoisotopic (exact) mass is 439 g/mol. The minimum Gasteiger partial charge on any atom is -0.508 e. The number of sulfone groups is 1. The summed E-state index contributed by atoms with van der Waals surface area (Å²) in [4.78, 5) is 9.22. The fourth-order valence-corrected chi connectivity index (χ4v) is 5.44. The van der Waals surface area contributed by atoms with Gasteiger partial charge in [-0.1, -0.05) is 24.3 Å². The van der Waals surface area contributed by atoms with E-state index in [-0.39, 0.29) is 5.75 Å². The van der Waals surface area contributed by atoms with Crippen molar-refractivity contribution < 1.29 is 18.3 Å². The van der Waals surface area contributed by atoms with E-state index < -0.39 is 15.1 Å². The molecule has 4 rings (SSSR count). The number of ether oxygens (including phenoxy) is 1. The molecule has 0 bridgehead atoms. The smallest absolute Gasteiger partial charge is 0.181 e. The summed E-state index contributed by atoms with van der Waals surface area (Å²) in [5.41, 5.74) is 9.07. The van der Waals surface area contributed by atoms with Gasteiger partial charge in [0.15, 0.2) is 9.84 Å². The Bertz CT molecular complexity index is 1160. The molecule has 31 heavy (non-hydrogen) atoms. The minimum absolute atomic E-state index is 0.223. The standard InChI is InChI=1S/C23H25N3O4S/c24-23-21(9-4-16-2-1-3-18(27)14-16)26-22(15-25-23)17-5-7-19(8-6-17)31(28,29)20-10-12-30-13-11-20/h1-3,5-8,14-15,20,27H,4,9-13H2,(H2,24,25). The van der Waals surface area contributed by atoms with Gasteiger partial charge in [-0.05, 0) is 55.5 Å². The van der Waals surface area contributed by atoms with Gasteiger partial charge in [0.2, 0.25) is 0 Å². The average Bonchev–Trinajstić information content (AvgIpc) is 2.79. The van der Waals surface area contributed by atoms with Crippen molar-refractivity contribution in [3.05, 3.63) is 66.0 Å². The van der Waals surface area contributed by atoms with Crippen LogP contribution in [0.3, 0.4) is 0 Å². The van der Waals surface area contributed by atoms with Crippen molar-refractivity contribution in [3.8, 4) is 17.0 Å². The fraction of sp³-hybridized carbons (Fsp3) is 0.304. The Labute approximate surface area is 181 Å². The number of phenols is 1. The molecule has 3 aromatic rings. The maximum atomic E-state index is 12.9. The number of aryl methyl sites for hydroxylation is 2. The molecule has 1 saturated heterocycles. The Kier molecular flexibility index (Phi) is 6.20. The van der Waals surface area contributed by atoms with E-state index in [1.165, 1.54) is 0 Å². The summed E-state index contributed by atoms with van der Waals surface area (Å²) in [6.45, 7) is 0.961. The van der Waals surface area contributed by atoms with Crippen LogP contribution in [0.2, 0.25) is 0 Å². The van der Waals surface area contributed by atoms with Gasteiger partial charge in [0, 0.05) is 18.8 Å². The van der Waals surface area contributed by atoms with Gasteiger partial charge < -0.3 is 15.6 Å². The number of benzene rings is 2. The first-order valence-electron chi connectivity index (χ1n) is 10.2. The van der Waals surface area contributed by atoms with Crippen LogP contribution < -0.4 is 5.73 Å². The highest BCUT2D eigenvalue weighted by atomic mass is 32.2. The van der Waals surface area contributed by atoms with E-state index in [4.69, 9.17) is 10.5 Å². The second-order valence-electron chi connectivity index (χ2n) is 7.64. The number of aromatic hydroxyl groups is 1. The lowest BCUT2D eigenvalue weighted by atomic mass is 10.1. The lowest BCUT2D eigenvalue weighted by Crippen LogP contribution is -2.28. The van der Waals surface area contributed by atoms with Gasteiger partial charge in [0.25, 0.3) is 0 Å². The molecule has 0 amide bonds. The summed E-state index contributed by atoms with van der Waals surface area (Å²) in [6.07, 6.45) is 3.88. The third kappa shape index (κ3) is 4.86. The SMILES string of the molecule is Nc1ncc(-c2ccc(S(=O)(=O)C3CCOCC3)cc2)nc1CCc1cccc(O)c1. The summed E-state index contributed by atoms with van der Waals surface area (Å²) in [5.74, 6) is 0.587. The highest BCUT2D eigenvalue weighted by Gasteiger charge is 2.29. The van der Waals surface area contributed by atoms with Gasteiger partial charge in [0.1, 0.15) is 11.6 Å². The number of rotatable bonds is 6. The predicted octanol–water partition coefficient (Wildman–Crippen LogP) is 3.17. The highest BCUT2D eigenvalue weighted by molar-refractivity contribution is 7.92. The van der Waals surface area contributed by atoms with E-state index in [1.807, 2.05) is 6.07 Å². The number of hydrogen-bond acceptors (Lipinski definition) is 7. The molecule has 0 saturated carbocycles. The molecule has 3 N–H and O–H groups in total.